The maximum atomic E-state index is 12.6. The van der Waals surface area contributed by atoms with Gasteiger partial charge in [-0.25, -0.2) is 17.5 Å². The Balaban J connectivity index is 2.45. The zero-order valence-corrected chi connectivity index (χ0v) is 10.2. The summed E-state index contributed by atoms with van der Waals surface area (Å²) in [7, 11) is -3.20. The summed E-state index contributed by atoms with van der Waals surface area (Å²) in [6.07, 6.45) is 0.562. The zero-order chi connectivity index (χ0) is 12.2. The minimum atomic E-state index is -3.20. The Hall–Kier alpha value is -0.940. The van der Waals surface area contributed by atoms with Crippen molar-refractivity contribution in [3.05, 3.63) is 35.6 Å². The Morgan fingerprint density at radius 1 is 1.25 bits per heavy atom. The molecule has 1 N–H and O–H groups in total. The highest BCUT2D eigenvalue weighted by Gasteiger charge is 2.14. The number of halogens is 1. The summed E-state index contributed by atoms with van der Waals surface area (Å²) in [6, 6.07) is 6.04. The minimum absolute atomic E-state index is 0.286. The lowest BCUT2D eigenvalue weighted by atomic mass is 10.1. The first-order valence-electron chi connectivity index (χ1n) is 5.15. The Morgan fingerprint density at radius 2 is 1.81 bits per heavy atom. The molecule has 1 rings (SSSR count). The predicted molar refractivity (Wildman–Crippen MR) is 62.2 cm³/mol. The van der Waals surface area contributed by atoms with E-state index in [1.54, 1.807) is 26.0 Å². The Labute approximate surface area is 95.7 Å². The maximum Gasteiger partial charge on any atom is 0.213 e. The SMILES string of the molecule is CC(C)S(=O)(=O)NCCc1ccc(F)cc1. The van der Waals surface area contributed by atoms with Crippen LogP contribution in [0.1, 0.15) is 19.4 Å². The molecule has 5 heteroatoms. The van der Waals surface area contributed by atoms with E-state index in [2.05, 4.69) is 4.72 Å². The molecule has 1 aromatic carbocycles. The molecule has 0 heterocycles. The van der Waals surface area contributed by atoms with E-state index in [4.69, 9.17) is 0 Å². The molecule has 0 aliphatic carbocycles. The van der Waals surface area contributed by atoms with Crippen LogP contribution in [-0.4, -0.2) is 20.2 Å². The number of benzene rings is 1. The van der Waals surface area contributed by atoms with Gasteiger partial charge < -0.3 is 0 Å². The first kappa shape index (κ1) is 13.1. The lowest BCUT2D eigenvalue weighted by Gasteiger charge is -2.09. The van der Waals surface area contributed by atoms with Crippen LogP contribution < -0.4 is 4.72 Å². The zero-order valence-electron chi connectivity index (χ0n) is 9.40. The van der Waals surface area contributed by atoms with Gasteiger partial charge in [0.1, 0.15) is 5.82 Å². The van der Waals surface area contributed by atoms with Crippen molar-refractivity contribution >= 4 is 10.0 Å². The molecule has 0 saturated heterocycles. The van der Waals surface area contributed by atoms with E-state index in [1.807, 2.05) is 0 Å². The van der Waals surface area contributed by atoms with Crippen LogP contribution in [0.5, 0.6) is 0 Å². The molecule has 3 nitrogen and oxygen atoms in total. The molecule has 16 heavy (non-hydrogen) atoms. The molecule has 0 amide bonds. The van der Waals surface area contributed by atoms with Crippen molar-refractivity contribution in [2.75, 3.05) is 6.54 Å². The van der Waals surface area contributed by atoms with Crippen LogP contribution in [0.25, 0.3) is 0 Å². The number of sulfonamides is 1. The fraction of sp³-hybridized carbons (Fsp3) is 0.455. The second kappa shape index (κ2) is 5.41. The first-order valence-corrected chi connectivity index (χ1v) is 6.69. The van der Waals surface area contributed by atoms with Crippen LogP contribution in [0, 0.1) is 5.82 Å². The minimum Gasteiger partial charge on any atom is -0.215 e. The van der Waals surface area contributed by atoms with Gasteiger partial charge in [0.05, 0.1) is 5.25 Å². The summed E-state index contributed by atoms with van der Waals surface area (Å²) in [6.45, 7) is 3.59. The van der Waals surface area contributed by atoms with Crippen LogP contribution in [0.4, 0.5) is 4.39 Å². The molecule has 0 fully saturated rings. The third-order valence-electron chi connectivity index (χ3n) is 2.25. The highest BCUT2D eigenvalue weighted by atomic mass is 32.2. The average Bonchev–Trinajstić information content (AvgIpc) is 2.20. The van der Waals surface area contributed by atoms with Gasteiger partial charge >= 0.3 is 0 Å². The second-order valence-corrected chi connectivity index (χ2v) is 6.19. The Kier molecular flexibility index (Phi) is 4.44. The Morgan fingerprint density at radius 3 is 2.31 bits per heavy atom. The lowest BCUT2D eigenvalue weighted by molar-refractivity contribution is 0.572. The van der Waals surface area contributed by atoms with Crippen molar-refractivity contribution in [3.8, 4) is 0 Å². The monoisotopic (exact) mass is 245 g/mol. The molecular weight excluding hydrogens is 229 g/mol. The van der Waals surface area contributed by atoms with Crippen LogP contribution >= 0.6 is 0 Å². The quantitative estimate of drug-likeness (QED) is 0.858. The third-order valence-corrected chi connectivity index (χ3v) is 4.10. The van der Waals surface area contributed by atoms with E-state index in [1.165, 1.54) is 12.1 Å². The Bertz CT molecular complexity index is 426. The van der Waals surface area contributed by atoms with Gasteiger partial charge in [-0.15, -0.1) is 0 Å². The van der Waals surface area contributed by atoms with Crippen molar-refractivity contribution in [2.45, 2.75) is 25.5 Å². The number of hydrogen-bond acceptors (Lipinski definition) is 2. The number of rotatable bonds is 5. The van der Waals surface area contributed by atoms with Crippen LogP contribution in [0.2, 0.25) is 0 Å². The lowest BCUT2D eigenvalue weighted by Crippen LogP contribution is -2.32. The standard InChI is InChI=1S/C11H16FNO2S/c1-9(2)16(14,15)13-8-7-10-3-5-11(12)6-4-10/h3-6,9,13H,7-8H2,1-2H3. The van der Waals surface area contributed by atoms with Crippen molar-refractivity contribution in [1.29, 1.82) is 0 Å². The summed E-state index contributed by atoms with van der Waals surface area (Å²) < 4.78 is 37.9. The predicted octanol–water partition coefficient (Wildman–Crippen LogP) is 1.70. The normalized spacial score (nSPS) is 12.0. The fourth-order valence-electron chi connectivity index (χ4n) is 1.16. The van der Waals surface area contributed by atoms with E-state index in [-0.39, 0.29) is 5.82 Å². The topological polar surface area (TPSA) is 46.2 Å². The van der Waals surface area contributed by atoms with Crippen molar-refractivity contribution in [2.24, 2.45) is 0 Å². The highest BCUT2D eigenvalue weighted by Crippen LogP contribution is 2.03. The van der Waals surface area contributed by atoms with E-state index in [0.29, 0.717) is 13.0 Å². The largest absolute Gasteiger partial charge is 0.215 e. The van der Waals surface area contributed by atoms with E-state index >= 15 is 0 Å². The van der Waals surface area contributed by atoms with Crippen molar-refractivity contribution < 1.29 is 12.8 Å². The average molecular weight is 245 g/mol. The van der Waals surface area contributed by atoms with Gasteiger partial charge in [0.15, 0.2) is 0 Å². The molecule has 0 unspecified atom stereocenters. The van der Waals surface area contributed by atoms with Gasteiger partial charge in [-0.1, -0.05) is 12.1 Å². The van der Waals surface area contributed by atoms with Crippen LogP contribution in [0.3, 0.4) is 0 Å². The van der Waals surface area contributed by atoms with Crippen LogP contribution in [-0.2, 0) is 16.4 Å². The van der Waals surface area contributed by atoms with Crippen LogP contribution in [0.15, 0.2) is 24.3 Å². The van der Waals surface area contributed by atoms with E-state index in [0.717, 1.165) is 5.56 Å². The summed E-state index contributed by atoms with van der Waals surface area (Å²) in [4.78, 5) is 0. The summed E-state index contributed by atoms with van der Waals surface area (Å²) in [5.41, 5.74) is 0.910. The molecule has 0 saturated carbocycles. The van der Waals surface area contributed by atoms with Gasteiger partial charge in [0.25, 0.3) is 0 Å². The van der Waals surface area contributed by atoms with Crippen molar-refractivity contribution in [3.63, 3.8) is 0 Å². The molecule has 0 radical (unpaired) electrons. The molecule has 0 aliphatic heterocycles. The molecule has 0 aliphatic rings. The van der Waals surface area contributed by atoms with Gasteiger partial charge in [0.2, 0.25) is 10.0 Å². The highest BCUT2D eigenvalue weighted by molar-refractivity contribution is 7.90. The fourth-order valence-corrected chi connectivity index (χ4v) is 1.88. The smallest absolute Gasteiger partial charge is 0.213 e. The summed E-state index contributed by atoms with van der Waals surface area (Å²) in [5, 5.41) is -0.430. The molecule has 0 atom stereocenters. The summed E-state index contributed by atoms with van der Waals surface area (Å²) >= 11 is 0. The molecule has 1 aromatic rings. The van der Waals surface area contributed by atoms with Gasteiger partial charge in [-0.05, 0) is 38.0 Å². The first-order chi connectivity index (χ1) is 7.42. The molecule has 90 valence electrons. The third kappa shape index (κ3) is 3.90. The number of hydrogen-bond donors (Lipinski definition) is 1. The molecule has 0 aromatic heterocycles. The van der Waals surface area contributed by atoms with Crippen molar-refractivity contribution in [1.82, 2.24) is 4.72 Å². The van der Waals surface area contributed by atoms with E-state index < -0.39 is 15.3 Å². The van der Waals surface area contributed by atoms with Gasteiger partial charge in [-0.2, -0.15) is 0 Å². The van der Waals surface area contributed by atoms with E-state index in [9.17, 15) is 12.8 Å². The second-order valence-electron chi connectivity index (χ2n) is 3.86. The summed E-state index contributed by atoms with van der Waals surface area (Å²) in [5.74, 6) is -0.286. The molecule has 0 spiro atoms. The molecular formula is C11H16FNO2S. The molecule has 0 bridgehead atoms. The van der Waals surface area contributed by atoms with Gasteiger partial charge in [0, 0.05) is 6.54 Å². The van der Waals surface area contributed by atoms with Gasteiger partial charge in [-0.3, -0.25) is 0 Å². The number of nitrogens with one attached hydrogen (secondary N) is 1. The maximum absolute atomic E-state index is 12.6.